The second-order valence-electron chi connectivity index (χ2n) is 4.41. The Balaban J connectivity index is 2.43. The van der Waals surface area contributed by atoms with Gasteiger partial charge in [-0.05, 0) is 35.9 Å². The van der Waals surface area contributed by atoms with Crippen LogP contribution in [0.1, 0.15) is 22.8 Å². The summed E-state index contributed by atoms with van der Waals surface area (Å²) in [7, 11) is 0. The molecule has 0 aliphatic carbocycles. The molecule has 0 heterocycles. The molecule has 0 spiro atoms. The fourth-order valence-corrected chi connectivity index (χ4v) is 1.89. The highest BCUT2D eigenvalue weighted by atomic mass is 19.4. The fourth-order valence-electron chi connectivity index (χ4n) is 1.89. The normalized spacial score (nSPS) is 13.2. The lowest BCUT2D eigenvalue weighted by Gasteiger charge is -2.15. The van der Waals surface area contributed by atoms with E-state index < -0.39 is 29.5 Å². The first-order valence-electron chi connectivity index (χ1n) is 5.80. The van der Waals surface area contributed by atoms with Crippen LogP contribution in [0.5, 0.6) is 0 Å². The molecule has 3 N–H and O–H groups in total. The molecule has 0 fully saturated rings. The number of rotatable bonds is 2. The van der Waals surface area contributed by atoms with E-state index >= 15 is 0 Å². The van der Waals surface area contributed by atoms with Gasteiger partial charge >= 0.3 is 6.18 Å². The highest BCUT2D eigenvalue weighted by molar-refractivity contribution is 5.51. The van der Waals surface area contributed by atoms with E-state index in [9.17, 15) is 27.1 Å². The zero-order valence-electron chi connectivity index (χ0n) is 10.5. The molecule has 0 aliphatic rings. The van der Waals surface area contributed by atoms with Crippen molar-refractivity contribution in [3.63, 3.8) is 0 Å². The molecule has 0 aromatic heterocycles. The van der Waals surface area contributed by atoms with E-state index in [2.05, 4.69) is 0 Å². The van der Waals surface area contributed by atoms with E-state index in [4.69, 9.17) is 5.73 Å². The van der Waals surface area contributed by atoms with Crippen molar-refractivity contribution in [2.24, 2.45) is 0 Å². The average Bonchev–Trinajstić information content (AvgIpc) is 2.39. The largest absolute Gasteiger partial charge is 0.419 e. The number of halogens is 5. The van der Waals surface area contributed by atoms with Crippen molar-refractivity contribution in [2.45, 2.75) is 12.3 Å². The van der Waals surface area contributed by atoms with Crippen LogP contribution in [0.25, 0.3) is 0 Å². The number of hydrogen-bond acceptors (Lipinski definition) is 2. The van der Waals surface area contributed by atoms with Crippen molar-refractivity contribution in [3.8, 4) is 0 Å². The smallest absolute Gasteiger partial charge is 0.398 e. The monoisotopic (exact) mass is 303 g/mol. The van der Waals surface area contributed by atoms with Gasteiger partial charge in [0.1, 0.15) is 17.7 Å². The summed E-state index contributed by atoms with van der Waals surface area (Å²) in [4.78, 5) is 0. The summed E-state index contributed by atoms with van der Waals surface area (Å²) < 4.78 is 63.9. The van der Waals surface area contributed by atoms with Crippen molar-refractivity contribution in [1.82, 2.24) is 0 Å². The quantitative estimate of drug-likeness (QED) is 0.657. The van der Waals surface area contributed by atoms with Crippen molar-refractivity contribution in [2.75, 3.05) is 5.73 Å². The third-order valence-electron chi connectivity index (χ3n) is 2.96. The van der Waals surface area contributed by atoms with Gasteiger partial charge in [0.25, 0.3) is 0 Å². The topological polar surface area (TPSA) is 46.2 Å². The van der Waals surface area contributed by atoms with Crippen molar-refractivity contribution >= 4 is 5.69 Å². The highest BCUT2D eigenvalue weighted by Crippen LogP contribution is 2.34. The lowest BCUT2D eigenvalue weighted by molar-refractivity contribution is -0.140. The highest BCUT2D eigenvalue weighted by Gasteiger charge is 2.34. The maximum Gasteiger partial charge on any atom is 0.419 e. The van der Waals surface area contributed by atoms with Crippen molar-refractivity contribution in [1.29, 1.82) is 0 Å². The van der Waals surface area contributed by atoms with Gasteiger partial charge in [0.15, 0.2) is 0 Å². The minimum atomic E-state index is -4.83. The Morgan fingerprint density at radius 1 is 1.00 bits per heavy atom. The summed E-state index contributed by atoms with van der Waals surface area (Å²) in [6.07, 6.45) is -6.36. The van der Waals surface area contributed by atoms with Gasteiger partial charge in [-0.1, -0.05) is 6.07 Å². The van der Waals surface area contributed by atoms with E-state index in [-0.39, 0.29) is 16.8 Å². The molecule has 2 aromatic carbocycles. The third kappa shape index (κ3) is 3.13. The predicted molar refractivity (Wildman–Crippen MR) is 66.3 cm³/mol. The molecule has 0 radical (unpaired) electrons. The van der Waals surface area contributed by atoms with Crippen LogP contribution >= 0.6 is 0 Å². The molecule has 2 aromatic rings. The van der Waals surface area contributed by atoms with Gasteiger partial charge in [-0.15, -0.1) is 0 Å². The number of aliphatic hydroxyl groups is 1. The second-order valence-corrected chi connectivity index (χ2v) is 4.41. The average molecular weight is 303 g/mol. The third-order valence-corrected chi connectivity index (χ3v) is 2.96. The van der Waals surface area contributed by atoms with Crippen molar-refractivity contribution in [3.05, 3.63) is 64.7 Å². The van der Waals surface area contributed by atoms with Gasteiger partial charge in [0.2, 0.25) is 0 Å². The summed E-state index contributed by atoms with van der Waals surface area (Å²) in [6, 6.07) is 5.20. The first kappa shape index (κ1) is 15.2. The molecular formula is C14H10F5NO. The summed E-state index contributed by atoms with van der Waals surface area (Å²) in [5.74, 6) is -2.19. The van der Waals surface area contributed by atoms with Gasteiger partial charge in [0.05, 0.1) is 5.56 Å². The van der Waals surface area contributed by atoms with Crippen LogP contribution < -0.4 is 5.73 Å². The lowest BCUT2D eigenvalue weighted by atomic mass is 9.98. The zero-order valence-corrected chi connectivity index (χ0v) is 10.5. The van der Waals surface area contributed by atoms with Crippen LogP contribution in [0, 0.1) is 11.6 Å². The molecule has 0 saturated carbocycles. The van der Waals surface area contributed by atoms with Gasteiger partial charge in [-0.3, -0.25) is 0 Å². The summed E-state index contributed by atoms with van der Waals surface area (Å²) >= 11 is 0. The molecular weight excluding hydrogens is 293 g/mol. The molecule has 112 valence electrons. The Morgan fingerprint density at radius 3 is 2.24 bits per heavy atom. The molecule has 0 aliphatic heterocycles. The van der Waals surface area contributed by atoms with Crippen molar-refractivity contribution < 1.29 is 27.1 Å². The standard InChI is InChI=1S/C14H10F5NO/c15-8-2-4-12(20)9(6-8)13(21)7-1-3-10(11(16)5-7)14(17,18)19/h1-6,13,21H,20H2. The fraction of sp³-hybridized carbons (Fsp3) is 0.143. The lowest BCUT2D eigenvalue weighted by Crippen LogP contribution is -2.10. The van der Waals surface area contributed by atoms with Crippen LogP contribution in [0.15, 0.2) is 36.4 Å². The van der Waals surface area contributed by atoms with Crippen LogP contribution in [-0.2, 0) is 6.18 Å². The first-order chi connectivity index (χ1) is 9.70. The summed E-state index contributed by atoms with van der Waals surface area (Å²) in [5.41, 5.74) is 3.97. The van der Waals surface area contributed by atoms with E-state index in [0.29, 0.717) is 12.1 Å². The number of anilines is 1. The van der Waals surface area contributed by atoms with Gasteiger partial charge in [-0.25, -0.2) is 8.78 Å². The van der Waals surface area contributed by atoms with Crippen LogP contribution in [-0.4, -0.2) is 5.11 Å². The number of nitrogen functional groups attached to an aromatic ring is 1. The number of nitrogens with two attached hydrogens (primary N) is 1. The van der Waals surface area contributed by atoms with E-state index in [0.717, 1.165) is 18.2 Å². The molecule has 0 amide bonds. The number of alkyl halides is 3. The molecule has 7 heteroatoms. The number of aliphatic hydroxyl groups excluding tert-OH is 1. The number of hydrogen-bond donors (Lipinski definition) is 2. The van der Waals surface area contributed by atoms with Gasteiger partial charge in [0, 0.05) is 11.3 Å². The maximum absolute atomic E-state index is 13.5. The first-order valence-corrected chi connectivity index (χ1v) is 5.80. The number of benzene rings is 2. The Labute approximate surface area is 116 Å². The second kappa shape index (κ2) is 5.33. The minimum absolute atomic E-state index is 0.0456. The summed E-state index contributed by atoms with van der Waals surface area (Å²) in [5, 5.41) is 10.0. The SMILES string of the molecule is Nc1ccc(F)cc1C(O)c1ccc(C(F)(F)F)c(F)c1. The molecule has 2 nitrogen and oxygen atoms in total. The Morgan fingerprint density at radius 2 is 1.67 bits per heavy atom. The Kier molecular flexibility index (Phi) is 3.87. The van der Waals surface area contributed by atoms with E-state index in [1.54, 1.807) is 0 Å². The molecule has 2 rings (SSSR count). The minimum Gasteiger partial charge on any atom is -0.398 e. The van der Waals surface area contributed by atoms with E-state index in [1.165, 1.54) is 6.07 Å². The molecule has 1 atom stereocenters. The van der Waals surface area contributed by atoms with Gasteiger partial charge in [-0.2, -0.15) is 13.2 Å². The van der Waals surface area contributed by atoms with Crippen LogP contribution in [0.4, 0.5) is 27.6 Å². The Hall–Kier alpha value is -2.15. The van der Waals surface area contributed by atoms with E-state index in [1.807, 2.05) is 0 Å². The van der Waals surface area contributed by atoms with Gasteiger partial charge < -0.3 is 10.8 Å². The van der Waals surface area contributed by atoms with Crippen LogP contribution in [0.3, 0.4) is 0 Å². The molecule has 0 bridgehead atoms. The molecule has 1 unspecified atom stereocenters. The molecule has 21 heavy (non-hydrogen) atoms. The zero-order chi connectivity index (χ0) is 15.8. The predicted octanol–water partition coefficient (Wildman–Crippen LogP) is 3.65. The Bertz CT molecular complexity index is 669. The molecule has 0 saturated heterocycles. The van der Waals surface area contributed by atoms with Crippen LogP contribution in [0.2, 0.25) is 0 Å². The maximum atomic E-state index is 13.5. The summed E-state index contributed by atoms with van der Waals surface area (Å²) in [6.45, 7) is 0.